The number of hydrogen-bond acceptors (Lipinski definition) is 6. The number of methoxy groups -OCH3 is 1. The van der Waals surface area contributed by atoms with Crippen molar-refractivity contribution in [1.82, 2.24) is 0 Å². The summed E-state index contributed by atoms with van der Waals surface area (Å²) in [5, 5.41) is 0.601. The summed E-state index contributed by atoms with van der Waals surface area (Å²) in [4.78, 5) is 13.7. The molecule has 11 heteroatoms. The van der Waals surface area contributed by atoms with E-state index in [4.69, 9.17) is 11.6 Å². The molecule has 2 unspecified atom stereocenters. The van der Waals surface area contributed by atoms with Gasteiger partial charge in [-0.1, -0.05) is 48.0 Å². The van der Waals surface area contributed by atoms with Gasteiger partial charge >= 0.3 is 21.6 Å². The minimum absolute atomic E-state index is 0.162. The van der Waals surface area contributed by atoms with Gasteiger partial charge in [0, 0.05) is 12.1 Å². The standard InChI is InChI=1S/C30H27ClF3NO5S/c1-18-15-23-16-24(40-41(37,38)30(32,33)34)11-12-25(23)29(21-6-3-19(4-7-21)5-14-28(36)39-2)35(18)27-13-10-22(17-26(27)31)20-8-9-20/h3-7,10-14,16-18,20,29H,8-9,15H2,1-2H3/b14-5+. The van der Waals surface area contributed by atoms with Crippen molar-refractivity contribution in [1.29, 1.82) is 0 Å². The molecule has 0 spiro atoms. The molecule has 216 valence electrons. The second-order valence-electron chi connectivity index (χ2n) is 10.2. The maximum Gasteiger partial charge on any atom is 0.534 e. The predicted molar refractivity (Wildman–Crippen MR) is 150 cm³/mol. The summed E-state index contributed by atoms with van der Waals surface area (Å²) in [6, 6.07) is 17.2. The van der Waals surface area contributed by atoms with Crippen molar-refractivity contribution in [2.24, 2.45) is 0 Å². The lowest BCUT2D eigenvalue weighted by Crippen LogP contribution is -2.43. The van der Waals surface area contributed by atoms with Crippen molar-refractivity contribution in [3.05, 3.63) is 99.6 Å². The molecular weight excluding hydrogens is 579 g/mol. The minimum atomic E-state index is -5.81. The molecule has 1 saturated carbocycles. The zero-order chi connectivity index (χ0) is 29.5. The zero-order valence-electron chi connectivity index (χ0n) is 22.2. The highest BCUT2D eigenvalue weighted by atomic mass is 35.5. The molecule has 0 radical (unpaired) electrons. The van der Waals surface area contributed by atoms with Gasteiger partial charge in [-0.25, -0.2) is 4.79 Å². The topological polar surface area (TPSA) is 72.9 Å². The van der Waals surface area contributed by atoms with Crippen LogP contribution in [0.5, 0.6) is 5.75 Å². The first-order valence-corrected chi connectivity index (χ1v) is 14.7. The van der Waals surface area contributed by atoms with Crippen LogP contribution in [-0.2, 0) is 26.1 Å². The Labute approximate surface area is 241 Å². The number of carbonyl (C=O) groups excluding carboxylic acids is 1. The van der Waals surface area contributed by atoms with Gasteiger partial charge in [0.15, 0.2) is 0 Å². The summed E-state index contributed by atoms with van der Waals surface area (Å²) in [5.41, 5.74) is -0.462. The van der Waals surface area contributed by atoms with Crippen LogP contribution in [0.1, 0.15) is 59.5 Å². The first-order valence-electron chi connectivity index (χ1n) is 13.0. The molecule has 2 atom stereocenters. The van der Waals surface area contributed by atoms with Gasteiger partial charge < -0.3 is 13.8 Å². The Morgan fingerprint density at radius 2 is 1.71 bits per heavy atom. The summed E-state index contributed by atoms with van der Waals surface area (Å²) in [6.07, 6.45) is 5.63. The Morgan fingerprint density at radius 3 is 2.32 bits per heavy atom. The molecule has 0 saturated heterocycles. The molecule has 1 aliphatic heterocycles. The van der Waals surface area contributed by atoms with Crippen LogP contribution in [0.2, 0.25) is 5.02 Å². The lowest BCUT2D eigenvalue weighted by atomic mass is 9.84. The van der Waals surface area contributed by atoms with Crippen molar-refractivity contribution in [3.63, 3.8) is 0 Å². The number of nitrogens with zero attached hydrogens (tertiary/aromatic N) is 1. The zero-order valence-corrected chi connectivity index (χ0v) is 23.8. The number of benzene rings is 3. The van der Waals surface area contributed by atoms with Crippen molar-refractivity contribution in [3.8, 4) is 5.75 Å². The smallest absolute Gasteiger partial charge is 0.466 e. The number of hydrogen-bond donors (Lipinski definition) is 0. The molecule has 3 aromatic carbocycles. The van der Waals surface area contributed by atoms with E-state index in [1.165, 1.54) is 30.9 Å². The van der Waals surface area contributed by atoms with Crippen LogP contribution in [-0.4, -0.2) is 33.0 Å². The fraction of sp³-hybridized carbons (Fsp3) is 0.300. The molecule has 1 fully saturated rings. The third kappa shape index (κ3) is 6.08. The Hall–Kier alpha value is -3.50. The largest absolute Gasteiger partial charge is 0.534 e. The second-order valence-corrected chi connectivity index (χ2v) is 12.2. The van der Waals surface area contributed by atoms with Gasteiger partial charge in [-0.3, -0.25) is 0 Å². The minimum Gasteiger partial charge on any atom is -0.466 e. The van der Waals surface area contributed by atoms with E-state index in [2.05, 4.69) is 19.9 Å². The Kier molecular flexibility index (Phi) is 7.82. The van der Waals surface area contributed by atoms with E-state index in [0.29, 0.717) is 22.9 Å². The molecule has 0 aromatic heterocycles. The van der Waals surface area contributed by atoms with Crippen molar-refractivity contribution in [2.75, 3.05) is 12.0 Å². The predicted octanol–water partition coefficient (Wildman–Crippen LogP) is 7.17. The maximum absolute atomic E-state index is 13.0. The highest BCUT2D eigenvalue weighted by Gasteiger charge is 2.48. The molecule has 2 aliphatic rings. The summed E-state index contributed by atoms with van der Waals surface area (Å²) in [6.45, 7) is 1.98. The third-order valence-corrected chi connectivity index (χ3v) is 8.61. The van der Waals surface area contributed by atoms with Gasteiger partial charge in [0.05, 0.1) is 23.9 Å². The number of rotatable bonds is 7. The van der Waals surface area contributed by atoms with Crippen LogP contribution in [0.3, 0.4) is 0 Å². The molecule has 6 nitrogen and oxygen atoms in total. The number of alkyl halides is 3. The Morgan fingerprint density at radius 1 is 1.02 bits per heavy atom. The number of carbonyl (C=O) groups is 1. The van der Waals surface area contributed by atoms with Gasteiger partial charge in [-0.15, -0.1) is 0 Å². The molecule has 5 rings (SSSR count). The van der Waals surface area contributed by atoms with Crippen molar-refractivity contribution >= 4 is 39.5 Å². The summed E-state index contributed by atoms with van der Waals surface area (Å²) in [7, 11) is -4.51. The average molecular weight is 606 g/mol. The molecule has 41 heavy (non-hydrogen) atoms. The lowest BCUT2D eigenvalue weighted by Gasteiger charge is -2.44. The van der Waals surface area contributed by atoms with E-state index in [-0.39, 0.29) is 6.04 Å². The van der Waals surface area contributed by atoms with Crippen molar-refractivity contribution < 1.29 is 35.3 Å². The fourth-order valence-corrected chi connectivity index (χ4v) is 5.95. The number of fused-ring (bicyclic) bond motifs is 1. The molecule has 0 bridgehead atoms. The summed E-state index contributed by atoms with van der Waals surface area (Å²) >= 11 is 6.84. The number of esters is 1. The molecule has 1 heterocycles. The number of ether oxygens (including phenoxy) is 1. The molecule has 3 aromatic rings. The Balaban J connectivity index is 1.57. The van der Waals surface area contributed by atoms with E-state index in [9.17, 15) is 26.4 Å². The first-order chi connectivity index (χ1) is 19.4. The average Bonchev–Trinajstić information content (AvgIpc) is 3.76. The Bertz CT molecular complexity index is 1600. The van der Waals surface area contributed by atoms with Crippen LogP contribution in [0.25, 0.3) is 6.08 Å². The van der Waals surface area contributed by atoms with Gasteiger partial charge in [0.2, 0.25) is 0 Å². The summed E-state index contributed by atoms with van der Waals surface area (Å²) in [5.74, 6) is -0.366. The van der Waals surface area contributed by atoms with Gasteiger partial charge in [-0.2, -0.15) is 21.6 Å². The number of anilines is 1. The highest BCUT2D eigenvalue weighted by Crippen LogP contribution is 2.47. The maximum atomic E-state index is 13.0. The van der Waals surface area contributed by atoms with Gasteiger partial charge in [-0.05, 0) is 90.3 Å². The van der Waals surface area contributed by atoms with E-state index >= 15 is 0 Å². The lowest BCUT2D eigenvalue weighted by molar-refractivity contribution is -0.134. The molecule has 0 N–H and O–H groups in total. The normalized spacial score (nSPS) is 19.2. The van der Waals surface area contributed by atoms with E-state index in [1.807, 2.05) is 43.3 Å². The monoisotopic (exact) mass is 605 g/mol. The van der Waals surface area contributed by atoms with Crippen LogP contribution in [0, 0.1) is 0 Å². The molecule has 1 aliphatic carbocycles. The van der Waals surface area contributed by atoms with Crippen LogP contribution < -0.4 is 9.08 Å². The van der Waals surface area contributed by atoms with Crippen molar-refractivity contribution in [2.45, 2.75) is 49.7 Å². The molecule has 0 amide bonds. The van der Waals surface area contributed by atoms with E-state index < -0.39 is 33.4 Å². The molecular formula is C30H27ClF3NO5S. The second kappa shape index (κ2) is 11.1. The van der Waals surface area contributed by atoms with Crippen LogP contribution >= 0.6 is 11.6 Å². The van der Waals surface area contributed by atoms with E-state index in [0.717, 1.165) is 35.2 Å². The van der Waals surface area contributed by atoms with E-state index in [1.54, 1.807) is 12.1 Å². The number of halogens is 4. The van der Waals surface area contributed by atoms with Gasteiger partial charge in [0.1, 0.15) is 5.75 Å². The third-order valence-electron chi connectivity index (χ3n) is 7.33. The quantitative estimate of drug-likeness (QED) is 0.123. The highest BCUT2D eigenvalue weighted by molar-refractivity contribution is 7.88. The first kappa shape index (κ1) is 29.0. The van der Waals surface area contributed by atoms with Gasteiger partial charge in [0.25, 0.3) is 0 Å². The van der Waals surface area contributed by atoms with Crippen LogP contribution in [0.4, 0.5) is 18.9 Å². The van der Waals surface area contributed by atoms with Crippen LogP contribution in [0.15, 0.2) is 66.7 Å². The summed E-state index contributed by atoms with van der Waals surface area (Å²) < 4.78 is 71.2. The SMILES string of the molecule is COC(=O)/C=C/c1ccc(C2c3ccc(OS(=O)(=O)C(F)(F)F)cc3CC(C)N2c2ccc(C3CC3)cc2Cl)cc1. The fourth-order valence-electron chi connectivity index (χ4n) is 5.21.